The van der Waals surface area contributed by atoms with Crippen molar-refractivity contribution in [3.63, 3.8) is 0 Å². The molecule has 0 amide bonds. The zero-order valence-electron chi connectivity index (χ0n) is 15.6. The molecule has 1 aromatic rings. The second-order valence-corrected chi connectivity index (χ2v) is 12.8. The van der Waals surface area contributed by atoms with E-state index in [1.165, 1.54) is 0 Å². The largest absolute Gasteiger partial charge is 0.416 e. The van der Waals surface area contributed by atoms with Gasteiger partial charge in [-0.3, -0.25) is 4.79 Å². The fourth-order valence-electron chi connectivity index (χ4n) is 2.18. The second-order valence-electron chi connectivity index (χ2n) is 8.02. The zero-order valence-corrected chi connectivity index (χ0v) is 16.6. The third kappa shape index (κ3) is 5.26. The van der Waals surface area contributed by atoms with Gasteiger partial charge in [-0.25, -0.2) is 0 Å². The topological polar surface area (TPSA) is 46.5 Å². The first-order valence-corrected chi connectivity index (χ1v) is 11.3. The summed E-state index contributed by atoms with van der Waals surface area (Å²) in [4.78, 5) is 12.6. The molecule has 0 aliphatic heterocycles. The van der Waals surface area contributed by atoms with E-state index in [0.717, 1.165) is 5.56 Å². The molecule has 0 saturated heterocycles. The lowest BCUT2D eigenvalue weighted by Crippen LogP contribution is -2.42. The fourth-order valence-corrected chi connectivity index (χ4v) is 3.27. The normalized spacial score (nSPS) is 16.7. The molecule has 0 heterocycles. The van der Waals surface area contributed by atoms with Gasteiger partial charge in [-0.2, -0.15) is 0 Å². The molecule has 0 radical (unpaired) electrons. The first-order valence-electron chi connectivity index (χ1n) is 8.38. The average Bonchev–Trinajstić information content (AvgIpc) is 2.50. The zero-order chi connectivity index (χ0) is 17.8. The number of carbonyl (C=O) groups is 1. The van der Waals surface area contributed by atoms with Crippen molar-refractivity contribution in [2.45, 2.75) is 58.9 Å². The first kappa shape index (κ1) is 20.1. The Labute approximate surface area is 142 Å². The Morgan fingerprint density at radius 3 is 2.17 bits per heavy atom. The van der Waals surface area contributed by atoms with E-state index in [-0.39, 0.29) is 16.7 Å². The van der Waals surface area contributed by atoms with Crippen LogP contribution in [0.4, 0.5) is 0 Å². The van der Waals surface area contributed by atoms with Gasteiger partial charge in [-0.05, 0) is 23.7 Å². The summed E-state index contributed by atoms with van der Waals surface area (Å²) in [5.41, 5.74) is 0.783. The van der Waals surface area contributed by atoms with Crippen LogP contribution < -0.4 is 0 Å². The molecular weight excluding hydrogens is 304 g/mol. The third-order valence-corrected chi connectivity index (χ3v) is 9.55. The van der Waals surface area contributed by atoms with E-state index in [9.17, 15) is 9.90 Å². The summed E-state index contributed by atoms with van der Waals surface area (Å²) in [6.07, 6.45) is -0.765. The number of aliphatic hydroxyl groups excluding tert-OH is 1. The first-order chi connectivity index (χ1) is 10.5. The highest BCUT2D eigenvalue weighted by atomic mass is 28.4. The summed E-state index contributed by atoms with van der Waals surface area (Å²) in [5.74, 6) is -0.590. The molecule has 0 unspecified atom stereocenters. The van der Waals surface area contributed by atoms with Crippen LogP contribution in [-0.4, -0.2) is 25.8 Å². The van der Waals surface area contributed by atoms with Crippen LogP contribution in [0, 0.1) is 11.8 Å². The summed E-state index contributed by atoms with van der Waals surface area (Å²) in [6.45, 7) is 15.1. The van der Waals surface area contributed by atoms with Gasteiger partial charge in [0.05, 0.1) is 6.10 Å². The number of hydrogen-bond donors (Lipinski definition) is 1. The van der Waals surface area contributed by atoms with Crippen molar-refractivity contribution in [1.82, 2.24) is 0 Å². The molecule has 0 aromatic heterocycles. The third-order valence-electron chi connectivity index (χ3n) is 5.05. The van der Waals surface area contributed by atoms with Crippen LogP contribution >= 0.6 is 0 Å². The number of Topliss-reactive ketones (excluding diaryl/α,β-unsaturated/α-hetero) is 1. The SMILES string of the molecule is C[C@H](C(=O)[C@@H](C)CO[Si](C)(C)C(C)(C)C)[C@@H](O)c1ccccc1. The van der Waals surface area contributed by atoms with Gasteiger partial charge < -0.3 is 9.53 Å². The van der Waals surface area contributed by atoms with Crippen molar-refractivity contribution < 1.29 is 14.3 Å². The van der Waals surface area contributed by atoms with E-state index in [2.05, 4.69) is 33.9 Å². The Hall–Kier alpha value is -0.973. The van der Waals surface area contributed by atoms with E-state index in [1.54, 1.807) is 6.92 Å². The van der Waals surface area contributed by atoms with Crippen LogP contribution in [0.3, 0.4) is 0 Å². The fraction of sp³-hybridized carbons (Fsp3) is 0.632. The summed E-state index contributed by atoms with van der Waals surface area (Å²) in [7, 11) is -1.85. The maximum absolute atomic E-state index is 12.6. The van der Waals surface area contributed by atoms with E-state index in [1.807, 2.05) is 37.3 Å². The average molecular weight is 337 g/mol. The Morgan fingerprint density at radius 2 is 1.70 bits per heavy atom. The molecule has 1 N–H and O–H groups in total. The summed E-state index contributed by atoms with van der Waals surface area (Å²) < 4.78 is 6.15. The smallest absolute Gasteiger partial charge is 0.192 e. The van der Waals surface area contributed by atoms with E-state index < -0.39 is 20.3 Å². The highest BCUT2D eigenvalue weighted by Crippen LogP contribution is 2.37. The number of carbonyl (C=O) groups excluding carboxylic acids is 1. The van der Waals surface area contributed by atoms with Crippen molar-refractivity contribution in [3.05, 3.63) is 35.9 Å². The molecule has 1 aromatic carbocycles. The van der Waals surface area contributed by atoms with Crippen LogP contribution in [-0.2, 0) is 9.22 Å². The van der Waals surface area contributed by atoms with Gasteiger partial charge in [0, 0.05) is 18.4 Å². The Morgan fingerprint density at radius 1 is 1.17 bits per heavy atom. The Bertz CT molecular complexity index is 505. The molecule has 23 heavy (non-hydrogen) atoms. The van der Waals surface area contributed by atoms with Crippen LogP contribution in [0.25, 0.3) is 0 Å². The van der Waals surface area contributed by atoms with Crippen molar-refractivity contribution in [1.29, 1.82) is 0 Å². The Kier molecular flexibility index (Phi) is 6.75. The molecule has 130 valence electrons. The van der Waals surface area contributed by atoms with Gasteiger partial charge in [-0.1, -0.05) is 65.0 Å². The van der Waals surface area contributed by atoms with Crippen LogP contribution in [0.5, 0.6) is 0 Å². The number of aliphatic hydroxyl groups is 1. The number of hydrogen-bond acceptors (Lipinski definition) is 3. The lowest BCUT2D eigenvalue weighted by atomic mass is 9.88. The molecule has 0 bridgehead atoms. The predicted molar refractivity (Wildman–Crippen MR) is 97.9 cm³/mol. The highest BCUT2D eigenvalue weighted by molar-refractivity contribution is 6.74. The van der Waals surface area contributed by atoms with Crippen molar-refractivity contribution in [2.75, 3.05) is 6.61 Å². The quantitative estimate of drug-likeness (QED) is 0.741. The van der Waals surface area contributed by atoms with Gasteiger partial charge in [0.25, 0.3) is 0 Å². The summed E-state index contributed by atoms with van der Waals surface area (Å²) in [6, 6.07) is 9.36. The van der Waals surface area contributed by atoms with Crippen LogP contribution in [0.2, 0.25) is 18.1 Å². The van der Waals surface area contributed by atoms with Crippen molar-refractivity contribution in [3.8, 4) is 0 Å². The van der Waals surface area contributed by atoms with Gasteiger partial charge in [0.2, 0.25) is 0 Å². The maximum Gasteiger partial charge on any atom is 0.192 e. The molecule has 1 rings (SSSR count). The van der Waals surface area contributed by atoms with E-state index in [4.69, 9.17) is 4.43 Å². The Balaban J connectivity index is 2.66. The van der Waals surface area contributed by atoms with Gasteiger partial charge in [0.1, 0.15) is 5.78 Å². The minimum Gasteiger partial charge on any atom is -0.416 e. The number of benzene rings is 1. The van der Waals surface area contributed by atoms with Gasteiger partial charge >= 0.3 is 0 Å². The van der Waals surface area contributed by atoms with E-state index in [0.29, 0.717) is 6.61 Å². The minimum atomic E-state index is -1.85. The van der Waals surface area contributed by atoms with Gasteiger partial charge in [-0.15, -0.1) is 0 Å². The molecule has 0 saturated carbocycles. The molecule has 0 aliphatic carbocycles. The molecule has 4 heteroatoms. The second kappa shape index (κ2) is 7.73. The van der Waals surface area contributed by atoms with Crippen LogP contribution in [0.15, 0.2) is 30.3 Å². The maximum atomic E-state index is 12.6. The lowest BCUT2D eigenvalue weighted by Gasteiger charge is -2.37. The molecule has 0 spiro atoms. The molecular formula is C19H32O3Si. The van der Waals surface area contributed by atoms with Gasteiger partial charge in [0.15, 0.2) is 8.32 Å². The standard InChI is InChI=1S/C19H32O3Si/c1-14(13-22-23(6,7)19(3,4)5)17(20)15(2)18(21)16-11-9-8-10-12-16/h8-12,14-15,18,21H,13H2,1-7H3/t14-,15+,18+/m0/s1. The summed E-state index contributed by atoms with van der Waals surface area (Å²) >= 11 is 0. The number of ketones is 1. The van der Waals surface area contributed by atoms with Crippen molar-refractivity contribution >= 4 is 14.1 Å². The molecule has 0 aliphatic rings. The minimum absolute atomic E-state index is 0.0556. The number of rotatable bonds is 7. The monoisotopic (exact) mass is 336 g/mol. The van der Waals surface area contributed by atoms with Crippen LogP contribution in [0.1, 0.15) is 46.3 Å². The summed E-state index contributed by atoms with van der Waals surface area (Å²) in [5, 5.41) is 10.5. The molecule has 0 fully saturated rings. The molecule has 3 atom stereocenters. The molecule has 3 nitrogen and oxygen atoms in total. The predicted octanol–water partition coefficient (Wildman–Crippen LogP) is 4.58. The van der Waals surface area contributed by atoms with E-state index >= 15 is 0 Å². The lowest BCUT2D eigenvalue weighted by molar-refractivity contribution is -0.130. The highest BCUT2D eigenvalue weighted by Gasteiger charge is 2.38. The van der Waals surface area contributed by atoms with Crippen molar-refractivity contribution in [2.24, 2.45) is 11.8 Å².